The van der Waals surface area contributed by atoms with Crippen molar-refractivity contribution in [3.8, 4) is 17.2 Å². The van der Waals surface area contributed by atoms with Gasteiger partial charge in [0.25, 0.3) is 0 Å². The van der Waals surface area contributed by atoms with Crippen molar-refractivity contribution in [1.29, 1.82) is 5.26 Å². The second-order valence-electron chi connectivity index (χ2n) is 9.64. The highest BCUT2D eigenvalue weighted by atomic mass is 16.2. The van der Waals surface area contributed by atoms with Gasteiger partial charge < -0.3 is 14.4 Å². The van der Waals surface area contributed by atoms with Crippen LogP contribution in [-0.4, -0.2) is 56.7 Å². The first-order valence-electron chi connectivity index (χ1n) is 11.4. The second-order valence-corrected chi connectivity index (χ2v) is 9.64. The van der Waals surface area contributed by atoms with E-state index in [9.17, 15) is 10.1 Å². The lowest BCUT2D eigenvalue weighted by atomic mass is 9.79. The molecule has 2 fully saturated rings. The highest BCUT2D eigenvalue weighted by molar-refractivity contribution is 6.08. The van der Waals surface area contributed by atoms with Crippen molar-refractivity contribution in [1.82, 2.24) is 24.6 Å². The van der Waals surface area contributed by atoms with Crippen LogP contribution in [0.3, 0.4) is 0 Å². The molecule has 0 saturated carbocycles. The normalized spacial score (nSPS) is 16.9. The lowest BCUT2D eigenvalue weighted by Crippen LogP contribution is -2.59. The van der Waals surface area contributed by atoms with Crippen LogP contribution in [0.4, 0.5) is 5.69 Å². The predicted octanol–water partition coefficient (Wildman–Crippen LogP) is 3.52. The molecule has 2 aromatic carbocycles. The number of anilines is 1. The number of nitrogens with one attached hydrogen (secondary N) is 1. The van der Waals surface area contributed by atoms with Gasteiger partial charge in [-0.05, 0) is 42.7 Å². The van der Waals surface area contributed by atoms with E-state index in [1.54, 1.807) is 6.33 Å². The van der Waals surface area contributed by atoms with Crippen molar-refractivity contribution >= 4 is 33.5 Å². The number of carbonyl (C=O) groups is 1. The van der Waals surface area contributed by atoms with Gasteiger partial charge in [-0.15, -0.1) is 0 Å². The molecular formula is C26H25N7O. The molecule has 0 aliphatic carbocycles. The number of aromatic nitrogens is 4. The van der Waals surface area contributed by atoms with E-state index in [0.29, 0.717) is 5.56 Å². The van der Waals surface area contributed by atoms with Crippen LogP contribution >= 0.6 is 0 Å². The Bertz CT molecular complexity index is 1530. The van der Waals surface area contributed by atoms with Gasteiger partial charge >= 0.3 is 0 Å². The van der Waals surface area contributed by atoms with Gasteiger partial charge in [-0.1, -0.05) is 12.6 Å². The number of hydrogen-bond acceptors (Lipinski definition) is 5. The van der Waals surface area contributed by atoms with Crippen LogP contribution in [-0.2, 0) is 11.8 Å². The maximum Gasteiger partial charge on any atom is 0.245 e. The fourth-order valence-electron chi connectivity index (χ4n) is 5.76. The Morgan fingerprint density at radius 1 is 1.29 bits per heavy atom. The number of nitrogens with zero attached hydrogens (tertiary/aromatic N) is 6. The zero-order valence-corrected chi connectivity index (χ0v) is 19.3. The summed E-state index contributed by atoms with van der Waals surface area (Å²) in [5.41, 5.74) is 7.31. The molecule has 2 aliphatic heterocycles. The Kier molecular flexibility index (Phi) is 4.33. The van der Waals surface area contributed by atoms with E-state index in [1.165, 1.54) is 6.08 Å². The van der Waals surface area contributed by atoms with Crippen molar-refractivity contribution in [2.45, 2.75) is 13.3 Å². The summed E-state index contributed by atoms with van der Waals surface area (Å²) in [5.74, 6) is -0.0101. The summed E-state index contributed by atoms with van der Waals surface area (Å²) in [7, 11) is 1.98. The Morgan fingerprint density at radius 3 is 2.88 bits per heavy atom. The number of aryl methyl sites for hydroxylation is 2. The summed E-state index contributed by atoms with van der Waals surface area (Å²) >= 11 is 0. The van der Waals surface area contributed by atoms with Gasteiger partial charge in [0.1, 0.15) is 6.07 Å². The van der Waals surface area contributed by atoms with E-state index >= 15 is 0 Å². The van der Waals surface area contributed by atoms with Gasteiger partial charge in [0.2, 0.25) is 5.91 Å². The van der Waals surface area contributed by atoms with E-state index in [4.69, 9.17) is 4.98 Å². The van der Waals surface area contributed by atoms with Crippen LogP contribution in [0.2, 0.25) is 0 Å². The third kappa shape index (κ3) is 2.80. The number of H-pyrrole nitrogens is 1. The lowest BCUT2D eigenvalue weighted by Gasteiger charge is -2.47. The summed E-state index contributed by atoms with van der Waals surface area (Å²) in [6, 6.07) is 8.70. The number of likely N-dealkylation sites (tertiary alicyclic amines) is 1. The molecule has 1 amide bonds. The fraction of sp³-hybridized carbons (Fsp3) is 0.308. The van der Waals surface area contributed by atoms with Gasteiger partial charge in [0, 0.05) is 49.6 Å². The minimum Gasteiger partial charge on any atom is -0.370 e. The van der Waals surface area contributed by atoms with Crippen molar-refractivity contribution in [2.24, 2.45) is 12.5 Å². The predicted molar refractivity (Wildman–Crippen MR) is 131 cm³/mol. The van der Waals surface area contributed by atoms with Gasteiger partial charge in [-0.2, -0.15) is 10.4 Å². The Hall–Kier alpha value is -4.12. The van der Waals surface area contributed by atoms with Crippen LogP contribution in [0.5, 0.6) is 0 Å². The molecule has 4 heterocycles. The summed E-state index contributed by atoms with van der Waals surface area (Å²) in [6.07, 6.45) is 6.01. The molecule has 0 bridgehead atoms. The molecule has 2 aromatic heterocycles. The average molecular weight is 452 g/mol. The van der Waals surface area contributed by atoms with E-state index in [-0.39, 0.29) is 11.3 Å². The summed E-state index contributed by atoms with van der Waals surface area (Å²) in [5, 5.41) is 18.7. The first kappa shape index (κ1) is 20.5. The number of amides is 1. The monoisotopic (exact) mass is 451 g/mol. The van der Waals surface area contributed by atoms with E-state index in [0.717, 1.165) is 76.9 Å². The summed E-state index contributed by atoms with van der Waals surface area (Å²) in [6.45, 7) is 8.82. The number of rotatable bonds is 3. The third-order valence-corrected chi connectivity index (χ3v) is 7.51. The molecule has 8 heteroatoms. The van der Waals surface area contributed by atoms with Crippen molar-refractivity contribution in [3.63, 3.8) is 0 Å². The minimum absolute atomic E-state index is 0.0101. The van der Waals surface area contributed by atoms with E-state index < -0.39 is 0 Å². The quantitative estimate of drug-likeness (QED) is 0.481. The molecule has 0 atom stereocenters. The first-order chi connectivity index (χ1) is 16.4. The summed E-state index contributed by atoms with van der Waals surface area (Å²) < 4.78 is 2.01. The van der Waals surface area contributed by atoms with Gasteiger partial charge in [-0.25, -0.2) is 4.98 Å². The average Bonchev–Trinajstić information content (AvgIpc) is 3.55. The lowest BCUT2D eigenvalue weighted by molar-refractivity contribution is -0.136. The van der Waals surface area contributed by atoms with Crippen LogP contribution < -0.4 is 4.90 Å². The molecule has 1 spiro atoms. The van der Waals surface area contributed by atoms with Crippen molar-refractivity contribution in [3.05, 3.63) is 54.5 Å². The number of hydrogen-bond donors (Lipinski definition) is 1. The molecule has 34 heavy (non-hydrogen) atoms. The van der Waals surface area contributed by atoms with Gasteiger partial charge in [0.15, 0.2) is 0 Å². The van der Waals surface area contributed by atoms with Crippen molar-refractivity contribution in [2.75, 3.05) is 31.1 Å². The maximum atomic E-state index is 12.0. The number of benzene rings is 2. The number of aromatic amines is 1. The smallest absolute Gasteiger partial charge is 0.245 e. The SMILES string of the molecule is C=CC(=O)N1CC2(CCN(c3cc4c(ncn4C)c(-c4c(C)ccc5[nH]ncc45)c3C#N)C2)C1. The Morgan fingerprint density at radius 2 is 2.12 bits per heavy atom. The topological polar surface area (TPSA) is 93.8 Å². The number of fused-ring (bicyclic) bond motifs is 2. The third-order valence-electron chi connectivity index (χ3n) is 7.51. The molecule has 8 nitrogen and oxygen atoms in total. The largest absolute Gasteiger partial charge is 0.370 e. The molecular weight excluding hydrogens is 426 g/mol. The zero-order chi connectivity index (χ0) is 23.6. The van der Waals surface area contributed by atoms with Crippen LogP contribution in [0, 0.1) is 23.7 Å². The highest BCUT2D eigenvalue weighted by Gasteiger charge is 2.49. The fourth-order valence-corrected chi connectivity index (χ4v) is 5.76. The van der Waals surface area contributed by atoms with E-state index in [2.05, 4.69) is 46.8 Å². The standard InChI is InChI=1S/C26H25N7O/c1-4-22(34)33-13-26(14-33)7-8-32(12-26)20-9-21-25(28-15-31(21)3)24(17(20)10-27)23-16(2)5-6-19-18(23)11-29-30-19/h4-6,9,11,15H,1,7-8,12-14H2,2-3H3,(H,29,30). The van der Waals surface area contributed by atoms with E-state index in [1.807, 2.05) is 28.8 Å². The van der Waals surface area contributed by atoms with Crippen LogP contribution in [0.15, 0.2) is 43.4 Å². The van der Waals surface area contributed by atoms with Crippen LogP contribution in [0.1, 0.15) is 17.5 Å². The second kappa shape index (κ2) is 7.19. The number of carbonyl (C=O) groups excluding carboxylic acids is 1. The molecule has 0 radical (unpaired) electrons. The molecule has 0 unspecified atom stereocenters. The highest BCUT2D eigenvalue weighted by Crippen LogP contribution is 2.46. The molecule has 1 N–H and O–H groups in total. The minimum atomic E-state index is -0.0101. The molecule has 4 aromatic rings. The number of nitriles is 1. The van der Waals surface area contributed by atoms with Gasteiger partial charge in [-0.3, -0.25) is 9.89 Å². The molecule has 170 valence electrons. The Labute approximate surface area is 197 Å². The van der Waals surface area contributed by atoms with Crippen LogP contribution in [0.25, 0.3) is 33.1 Å². The van der Waals surface area contributed by atoms with Gasteiger partial charge in [0.05, 0.1) is 40.3 Å². The Balaban J connectivity index is 1.51. The maximum absolute atomic E-state index is 12.0. The molecule has 2 aliphatic rings. The number of imidazole rings is 1. The summed E-state index contributed by atoms with van der Waals surface area (Å²) in [4.78, 5) is 20.9. The first-order valence-corrected chi connectivity index (χ1v) is 11.4. The molecule has 2 saturated heterocycles. The van der Waals surface area contributed by atoms with Crippen molar-refractivity contribution < 1.29 is 4.79 Å². The zero-order valence-electron chi connectivity index (χ0n) is 19.3. The molecule has 6 rings (SSSR count).